The first-order chi connectivity index (χ1) is 27.6. The van der Waals surface area contributed by atoms with Crippen LogP contribution in [0.3, 0.4) is 0 Å². The normalized spacial score (nSPS) is 13.1. The van der Waals surface area contributed by atoms with E-state index in [0.29, 0.717) is 0 Å². The van der Waals surface area contributed by atoms with Crippen molar-refractivity contribution in [3.05, 3.63) is 216 Å². The van der Waals surface area contributed by atoms with Crippen LogP contribution in [0, 0.1) is 0 Å². The van der Waals surface area contributed by atoms with E-state index in [9.17, 15) is 0 Å². The molecule has 278 valence electrons. The Labute approximate surface area is 338 Å². The molecule has 57 heavy (non-hydrogen) atoms. The fraction of sp³-hybridized carbons (Fsp3) is 0.127. The molecule has 1 aliphatic rings. The average Bonchev–Trinajstić information content (AvgIpc) is 3.46. The first kappa shape index (κ1) is 36.0. The van der Waals surface area contributed by atoms with Gasteiger partial charge in [-0.1, -0.05) is 168 Å². The van der Waals surface area contributed by atoms with Crippen molar-refractivity contribution in [3.63, 3.8) is 0 Å². The van der Waals surface area contributed by atoms with E-state index in [2.05, 4.69) is 245 Å². The number of hydrogen-bond donors (Lipinski definition) is 0. The minimum Gasteiger partial charge on any atom is -0.310 e. The molecule has 0 unspecified atom stereocenters. The van der Waals surface area contributed by atoms with Crippen LogP contribution in [-0.2, 0) is 10.8 Å². The van der Waals surface area contributed by atoms with Crippen molar-refractivity contribution in [2.24, 2.45) is 0 Å². The SMILES string of the molecule is CC(C)(C)c1ccc(N(c2ccc(/C=C/c3ccc4c(c3)C(C)(C)c3cc(N(c5ccccc5)c5ccccc5)ccc3-4)cc2)c2cccc3ccccc23)cc1. The molecule has 0 saturated heterocycles. The Balaban J connectivity index is 1.01. The van der Waals surface area contributed by atoms with Crippen LogP contribution < -0.4 is 9.80 Å². The molecule has 1 aliphatic carbocycles. The molecule has 0 N–H and O–H groups in total. The maximum absolute atomic E-state index is 2.40. The van der Waals surface area contributed by atoms with Gasteiger partial charge in [0, 0.05) is 39.2 Å². The molecule has 0 atom stereocenters. The van der Waals surface area contributed by atoms with Crippen LogP contribution in [0.4, 0.5) is 34.1 Å². The summed E-state index contributed by atoms with van der Waals surface area (Å²) in [4.78, 5) is 4.73. The molecule has 8 aromatic rings. The molecule has 0 radical (unpaired) electrons. The summed E-state index contributed by atoms with van der Waals surface area (Å²) in [6, 6.07) is 68.4. The highest BCUT2D eigenvalue weighted by atomic mass is 15.1. The van der Waals surface area contributed by atoms with Gasteiger partial charge in [-0.2, -0.15) is 0 Å². The van der Waals surface area contributed by atoms with Crippen molar-refractivity contribution >= 4 is 57.0 Å². The lowest BCUT2D eigenvalue weighted by atomic mass is 9.81. The highest BCUT2D eigenvalue weighted by Crippen LogP contribution is 2.51. The topological polar surface area (TPSA) is 6.48 Å². The first-order valence-corrected chi connectivity index (χ1v) is 20.0. The van der Waals surface area contributed by atoms with E-state index in [1.54, 1.807) is 0 Å². The van der Waals surface area contributed by atoms with Crippen molar-refractivity contribution in [2.45, 2.75) is 45.4 Å². The van der Waals surface area contributed by atoms with Crippen LogP contribution in [0.15, 0.2) is 188 Å². The zero-order valence-electron chi connectivity index (χ0n) is 33.4. The van der Waals surface area contributed by atoms with Crippen LogP contribution in [-0.4, -0.2) is 0 Å². The summed E-state index contributed by atoms with van der Waals surface area (Å²) in [5, 5.41) is 2.46. The molecule has 0 heterocycles. The van der Waals surface area contributed by atoms with E-state index >= 15 is 0 Å². The third-order valence-electron chi connectivity index (χ3n) is 11.6. The third kappa shape index (κ3) is 6.83. The van der Waals surface area contributed by atoms with Gasteiger partial charge in [-0.15, -0.1) is 0 Å². The first-order valence-electron chi connectivity index (χ1n) is 20.0. The number of benzene rings is 8. The van der Waals surface area contributed by atoms with Crippen LogP contribution in [0.2, 0.25) is 0 Å². The molecule has 2 heteroatoms. The van der Waals surface area contributed by atoms with E-state index < -0.39 is 0 Å². The second-order valence-electron chi connectivity index (χ2n) is 16.7. The van der Waals surface area contributed by atoms with Crippen molar-refractivity contribution in [1.29, 1.82) is 0 Å². The number of nitrogens with zero attached hydrogens (tertiary/aromatic N) is 2. The second kappa shape index (κ2) is 14.5. The molecule has 9 rings (SSSR count). The van der Waals surface area contributed by atoms with E-state index in [0.717, 1.165) is 34.0 Å². The molecule has 0 amide bonds. The summed E-state index contributed by atoms with van der Waals surface area (Å²) >= 11 is 0. The molecule has 0 aromatic heterocycles. The van der Waals surface area contributed by atoms with Gasteiger partial charge in [0.25, 0.3) is 0 Å². The Morgan fingerprint density at radius 1 is 0.421 bits per heavy atom. The average molecular weight is 737 g/mol. The number of anilines is 6. The molecule has 0 saturated carbocycles. The Bertz CT molecular complexity index is 2670. The van der Waals surface area contributed by atoms with E-state index in [4.69, 9.17) is 0 Å². The Morgan fingerprint density at radius 2 is 0.912 bits per heavy atom. The van der Waals surface area contributed by atoms with Gasteiger partial charge in [0.1, 0.15) is 0 Å². The molecule has 0 fully saturated rings. The fourth-order valence-corrected chi connectivity index (χ4v) is 8.46. The van der Waals surface area contributed by atoms with Crippen LogP contribution in [0.25, 0.3) is 34.1 Å². The highest BCUT2D eigenvalue weighted by Gasteiger charge is 2.36. The second-order valence-corrected chi connectivity index (χ2v) is 16.7. The lowest BCUT2D eigenvalue weighted by molar-refractivity contribution is 0.590. The van der Waals surface area contributed by atoms with Gasteiger partial charge < -0.3 is 9.80 Å². The van der Waals surface area contributed by atoms with Gasteiger partial charge in [-0.3, -0.25) is 0 Å². The summed E-state index contributed by atoms with van der Waals surface area (Å²) < 4.78 is 0. The zero-order valence-corrected chi connectivity index (χ0v) is 33.4. The van der Waals surface area contributed by atoms with Crippen molar-refractivity contribution in [3.8, 4) is 11.1 Å². The molecular formula is C55H48N2. The number of para-hydroxylation sites is 2. The molecular weight excluding hydrogens is 689 g/mol. The van der Waals surface area contributed by atoms with Gasteiger partial charge in [0.05, 0.1) is 5.69 Å². The molecule has 0 bridgehead atoms. The lowest BCUT2D eigenvalue weighted by Crippen LogP contribution is -2.16. The molecule has 0 aliphatic heterocycles. The van der Waals surface area contributed by atoms with E-state index in [1.807, 2.05) is 0 Å². The number of hydrogen-bond acceptors (Lipinski definition) is 2. The van der Waals surface area contributed by atoms with E-state index in [1.165, 1.54) is 49.8 Å². The molecule has 0 spiro atoms. The monoisotopic (exact) mass is 736 g/mol. The van der Waals surface area contributed by atoms with Crippen LogP contribution in [0.5, 0.6) is 0 Å². The highest BCUT2D eigenvalue weighted by molar-refractivity contribution is 5.99. The molecule has 2 nitrogen and oxygen atoms in total. The third-order valence-corrected chi connectivity index (χ3v) is 11.6. The maximum Gasteiger partial charge on any atom is 0.0540 e. The summed E-state index contributed by atoms with van der Waals surface area (Å²) in [6.07, 6.45) is 4.48. The minimum absolute atomic E-state index is 0.0892. The largest absolute Gasteiger partial charge is 0.310 e. The number of fused-ring (bicyclic) bond motifs is 4. The van der Waals surface area contributed by atoms with Gasteiger partial charge in [0.15, 0.2) is 0 Å². The van der Waals surface area contributed by atoms with Gasteiger partial charge in [0.2, 0.25) is 0 Å². The maximum atomic E-state index is 2.40. The van der Waals surface area contributed by atoms with Gasteiger partial charge in [-0.05, 0) is 116 Å². The predicted octanol–water partition coefficient (Wildman–Crippen LogP) is 15.6. The number of rotatable bonds is 8. The van der Waals surface area contributed by atoms with Gasteiger partial charge >= 0.3 is 0 Å². The Hall–Kier alpha value is -6.64. The predicted molar refractivity (Wildman–Crippen MR) is 245 cm³/mol. The summed E-state index contributed by atoms with van der Waals surface area (Å²) in [6.45, 7) is 11.5. The van der Waals surface area contributed by atoms with E-state index in [-0.39, 0.29) is 10.8 Å². The lowest BCUT2D eigenvalue weighted by Gasteiger charge is -2.28. The summed E-state index contributed by atoms with van der Waals surface area (Å²) in [5.74, 6) is 0. The van der Waals surface area contributed by atoms with Crippen LogP contribution in [0.1, 0.15) is 62.4 Å². The van der Waals surface area contributed by atoms with Gasteiger partial charge in [-0.25, -0.2) is 0 Å². The van der Waals surface area contributed by atoms with Crippen molar-refractivity contribution < 1.29 is 0 Å². The smallest absolute Gasteiger partial charge is 0.0540 e. The minimum atomic E-state index is -0.151. The standard InChI is InChI=1S/C55H48N2/c1-54(2,3)42-28-32-46(33-29-42)57(53-22-14-16-41-15-12-13-21-48(41)53)45-30-25-39(26-31-45)23-24-40-27-35-49-50-36-34-47(38-52(50)55(4,5)51(49)37-40)56(43-17-8-6-9-18-43)44-19-10-7-11-20-44/h6-38H,1-5H3/b24-23+. The molecule has 8 aromatic carbocycles. The fourth-order valence-electron chi connectivity index (χ4n) is 8.46. The quantitative estimate of drug-likeness (QED) is 0.143. The summed E-state index contributed by atoms with van der Waals surface area (Å²) in [5.41, 5.74) is 15.9. The van der Waals surface area contributed by atoms with Crippen LogP contribution >= 0.6 is 0 Å². The van der Waals surface area contributed by atoms with Crippen molar-refractivity contribution in [1.82, 2.24) is 0 Å². The van der Waals surface area contributed by atoms with Crippen molar-refractivity contribution in [2.75, 3.05) is 9.80 Å². The summed E-state index contributed by atoms with van der Waals surface area (Å²) in [7, 11) is 0. The Kier molecular flexibility index (Phi) is 9.14. The Morgan fingerprint density at radius 3 is 1.56 bits per heavy atom. The zero-order chi connectivity index (χ0) is 39.1.